The lowest BCUT2D eigenvalue weighted by molar-refractivity contribution is -0.675. The first kappa shape index (κ1) is 21.7. The van der Waals surface area contributed by atoms with E-state index in [9.17, 15) is 9.59 Å². The molecule has 0 fully saturated rings. The maximum atomic E-state index is 12.5. The van der Waals surface area contributed by atoms with Gasteiger partial charge in [0.2, 0.25) is 0 Å². The molecule has 3 aromatic rings. The molecule has 0 bridgehead atoms. The molecule has 5 nitrogen and oxygen atoms in total. The average molecular weight is 423 g/mol. The van der Waals surface area contributed by atoms with Crippen molar-refractivity contribution in [3.8, 4) is 0 Å². The van der Waals surface area contributed by atoms with Crippen LogP contribution in [0.4, 0.5) is 5.69 Å². The van der Waals surface area contributed by atoms with Crippen molar-refractivity contribution in [1.29, 1.82) is 0 Å². The van der Waals surface area contributed by atoms with E-state index in [0.29, 0.717) is 30.9 Å². The van der Waals surface area contributed by atoms with Gasteiger partial charge in [-0.3, -0.25) is 9.59 Å². The Kier molecular flexibility index (Phi) is 7.76. The molecule has 0 unspecified atom stereocenters. The van der Waals surface area contributed by atoms with E-state index in [2.05, 4.69) is 34.2 Å². The molecule has 3 N–H and O–H groups in total. The standard InChI is InChI=1S/C24H27N3O2S/c1-3-27(4-2)24(29)19-12-14-20(15-13-19)26-22(28)17-25-23(21-11-8-16-30-21)18-9-6-5-7-10-18/h5-16,23,25H,3-4,17H2,1-2H3,(H,26,28)/p+1/t23-/m0/s1. The predicted octanol–water partition coefficient (Wildman–Crippen LogP) is 3.52. The average Bonchev–Trinajstić information content (AvgIpc) is 3.30. The van der Waals surface area contributed by atoms with E-state index >= 15 is 0 Å². The second-order valence-electron chi connectivity index (χ2n) is 6.95. The van der Waals surface area contributed by atoms with Crippen LogP contribution in [0, 0.1) is 0 Å². The molecule has 2 aromatic carbocycles. The summed E-state index contributed by atoms with van der Waals surface area (Å²) in [6, 6.07) is 21.5. The van der Waals surface area contributed by atoms with Gasteiger partial charge in [0.1, 0.15) is 6.04 Å². The first-order valence-corrected chi connectivity index (χ1v) is 11.1. The Labute approximate surface area is 181 Å². The lowest BCUT2D eigenvalue weighted by Crippen LogP contribution is -2.87. The van der Waals surface area contributed by atoms with Gasteiger partial charge < -0.3 is 15.5 Å². The third kappa shape index (κ3) is 5.55. The number of rotatable bonds is 9. The monoisotopic (exact) mass is 422 g/mol. The highest BCUT2D eigenvalue weighted by atomic mass is 32.1. The van der Waals surface area contributed by atoms with Crippen molar-refractivity contribution >= 4 is 28.8 Å². The molecule has 0 spiro atoms. The van der Waals surface area contributed by atoms with Gasteiger partial charge >= 0.3 is 0 Å². The molecule has 0 saturated heterocycles. The maximum Gasteiger partial charge on any atom is 0.279 e. The SMILES string of the molecule is CCN(CC)C(=O)c1ccc(NC(=O)C[NH2+][C@@H](c2ccccc2)c2cccs2)cc1. The number of quaternary nitrogens is 1. The van der Waals surface area contributed by atoms with Crippen LogP contribution in [0.3, 0.4) is 0 Å². The molecule has 156 valence electrons. The lowest BCUT2D eigenvalue weighted by atomic mass is 10.1. The number of hydrogen-bond acceptors (Lipinski definition) is 3. The molecule has 1 atom stereocenters. The zero-order chi connectivity index (χ0) is 21.3. The predicted molar refractivity (Wildman–Crippen MR) is 122 cm³/mol. The van der Waals surface area contributed by atoms with Crippen LogP contribution in [0.1, 0.15) is 40.7 Å². The number of carbonyl (C=O) groups is 2. The zero-order valence-electron chi connectivity index (χ0n) is 17.4. The number of amides is 2. The van der Waals surface area contributed by atoms with Crippen molar-refractivity contribution < 1.29 is 14.9 Å². The van der Waals surface area contributed by atoms with Gasteiger partial charge in [-0.1, -0.05) is 36.4 Å². The summed E-state index contributed by atoms with van der Waals surface area (Å²) in [6.07, 6.45) is 0. The molecular weight excluding hydrogens is 394 g/mol. The quantitative estimate of drug-likeness (QED) is 0.554. The first-order valence-electron chi connectivity index (χ1n) is 10.2. The van der Waals surface area contributed by atoms with Gasteiger partial charge in [-0.25, -0.2) is 0 Å². The van der Waals surface area contributed by atoms with Crippen LogP contribution in [0.2, 0.25) is 0 Å². The largest absolute Gasteiger partial charge is 0.339 e. The number of nitrogens with one attached hydrogen (secondary N) is 1. The fourth-order valence-electron chi connectivity index (χ4n) is 3.37. The van der Waals surface area contributed by atoms with Gasteiger partial charge in [0.15, 0.2) is 6.54 Å². The Bertz CT molecular complexity index is 936. The molecule has 0 aliphatic heterocycles. The maximum absolute atomic E-state index is 12.5. The van der Waals surface area contributed by atoms with Gasteiger partial charge in [-0.2, -0.15) is 0 Å². The van der Waals surface area contributed by atoms with Crippen LogP contribution >= 0.6 is 11.3 Å². The summed E-state index contributed by atoms with van der Waals surface area (Å²) in [4.78, 5) is 27.9. The van der Waals surface area contributed by atoms with Crippen LogP contribution in [0.15, 0.2) is 72.1 Å². The second-order valence-corrected chi connectivity index (χ2v) is 7.93. The van der Waals surface area contributed by atoms with Gasteiger partial charge in [0, 0.05) is 29.9 Å². The van der Waals surface area contributed by atoms with Crippen LogP contribution in [-0.4, -0.2) is 36.3 Å². The highest BCUT2D eigenvalue weighted by Gasteiger charge is 2.20. The van der Waals surface area contributed by atoms with E-state index < -0.39 is 0 Å². The molecule has 0 saturated carbocycles. The summed E-state index contributed by atoms with van der Waals surface area (Å²) in [5, 5.41) is 7.03. The molecular formula is C24H28N3O2S+. The molecule has 0 aliphatic rings. The Morgan fingerprint density at radius 2 is 1.67 bits per heavy atom. The molecule has 1 aromatic heterocycles. The number of carbonyl (C=O) groups excluding carboxylic acids is 2. The van der Waals surface area contributed by atoms with Crippen LogP contribution in [0.5, 0.6) is 0 Å². The minimum Gasteiger partial charge on any atom is -0.339 e. The molecule has 3 rings (SSSR count). The summed E-state index contributed by atoms with van der Waals surface area (Å²) in [5.74, 6) is -0.0665. The van der Waals surface area contributed by atoms with Crippen molar-refractivity contribution in [1.82, 2.24) is 4.90 Å². The molecule has 6 heteroatoms. The van der Waals surface area contributed by atoms with E-state index in [1.54, 1.807) is 40.5 Å². The summed E-state index contributed by atoms with van der Waals surface area (Å²) in [7, 11) is 0. The number of nitrogens with zero attached hydrogens (tertiary/aromatic N) is 1. The Morgan fingerprint density at radius 1 is 0.967 bits per heavy atom. The smallest absolute Gasteiger partial charge is 0.279 e. The topological polar surface area (TPSA) is 66.0 Å². The minimum atomic E-state index is -0.0738. The Balaban J connectivity index is 1.60. The summed E-state index contributed by atoms with van der Waals surface area (Å²) < 4.78 is 0. The van der Waals surface area contributed by atoms with Crippen LogP contribution in [-0.2, 0) is 4.79 Å². The highest BCUT2D eigenvalue weighted by Crippen LogP contribution is 2.22. The molecule has 0 aliphatic carbocycles. The van der Waals surface area contributed by atoms with E-state index in [0.717, 1.165) is 0 Å². The summed E-state index contributed by atoms with van der Waals surface area (Å²) >= 11 is 1.69. The second kappa shape index (κ2) is 10.7. The van der Waals surface area contributed by atoms with Gasteiger partial charge in [0.25, 0.3) is 11.8 Å². The van der Waals surface area contributed by atoms with E-state index in [-0.39, 0.29) is 17.9 Å². The number of nitrogens with two attached hydrogens (primary N) is 1. The summed E-state index contributed by atoms with van der Waals surface area (Å²) in [5.41, 5.74) is 2.49. The lowest BCUT2D eigenvalue weighted by Gasteiger charge is -2.18. The molecule has 2 amide bonds. The van der Waals surface area contributed by atoms with E-state index in [4.69, 9.17) is 0 Å². The minimum absolute atomic E-state index is 0.00728. The normalized spacial score (nSPS) is 11.7. The van der Waals surface area contributed by atoms with Crippen molar-refractivity contribution in [2.45, 2.75) is 19.9 Å². The Morgan fingerprint density at radius 3 is 2.27 bits per heavy atom. The molecule has 30 heavy (non-hydrogen) atoms. The third-order valence-corrected chi connectivity index (χ3v) is 5.97. The molecule has 1 heterocycles. The number of benzene rings is 2. The number of hydrogen-bond donors (Lipinski definition) is 2. The zero-order valence-corrected chi connectivity index (χ0v) is 18.2. The van der Waals surface area contributed by atoms with E-state index in [1.165, 1.54) is 10.4 Å². The van der Waals surface area contributed by atoms with Gasteiger partial charge in [-0.05, 0) is 49.6 Å². The Hall–Kier alpha value is -2.96. The van der Waals surface area contributed by atoms with Gasteiger partial charge in [-0.15, -0.1) is 11.3 Å². The van der Waals surface area contributed by atoms with Crippen molar-refractivity contribution in [3.63, 3.8) is 0 Å². The molecule has 0 radical (unpaired) electrons. The summed E-state index contributed by atoms with van der Waals surface area (Å²) in [6.45, 7) is 5.58. The van der Waals surface area contributed by atoms with Crippen molar-refractivity contribution in [3.05, 3.63) is 88.1 Å². The fourth-order valence-corrected chi connectivity index (χ4v) is 4.22. The van der Waals surface area contributed by atoms with Gasteiger partial charge in [0.05, 0.1) is 4.88 Å². The van der Waals surface area contributed by atoms with Crippen LogP contribution in [0.25, 0.3) is 0 Å². The third-order valence-electron chi connectivity index (χ3n) is 5.01. The highest BCUT2D eigenvalue weighted by molar-refractivity contribution is 7.10. The van der Waals surface area contributed by atoms with Crippen molar-refractivity contribution in [2.24, 2.45) is 0 Å². The van der Waals surface area contributed by atoms with Crippen molar-refractivity contribution in [2.75, 3.05) is 25.0 Å². The fraction of sp³-hybridized carbons (Fsp3) is 0.250. The number of thiophene rings is 1. The first-order chi connectivity index (χ1) is 14.6. The number of anilines is 1. The van der Waals surface area contributed by atoms with E-state index in [1.807, 2.05) is 38.1 Å². The van der Waals surface area contributed by atoms with Crippen LogP contribution < -0.4 is 10.6 Å².